The summed E-state index contributed by atoms with van der Waals surface area (Å²) in [4.78, 5) is 65.0. The highest BCUT2D eigenvalue weighted by Gasteiger charge is 2.77. The van der Waals surface area contributed by atoms with Crippen LogP contribution in [0.2, 0.25) is 0 Å². The molecule has 2 N–H and O–H groups in total. The Hall–Kier alpha value is -4.18. The zero-order valence-corrected chi connectivity index (χ0v) is 35.2. The number of hydrogen-bond acceptors (Lipinski definition) is 12. The third-order valence-electron chi connectivity index (χ3n) is 14.1. The number of hydroxylamine groups is 2. The first-order chi connectivity index (χ1) is 29.3. The van der Waals surface area contributed by atoms with E-state index < -0.39 is 77.2 Å². The predicted molar refractivity (Wildman–Crippen MR) is 218 cm³/mol. The standard InChI is InChI=1S/C47H57N3O11/c1-45(2,3)58-37(52)18-16-32(26-51)48-42(53)33-12-7-19-49(33)44(55)47-24-36-38-39(60-46(59-38)22-30-10-4-5-11-31(30)23-46)41(47)61-50(40(47)43(54)57-36)25-29-9-6-8-27(20-29)13-14-28-15-17-34-35(21-28)56-34/h4-6,8-11,13-14,20,28,32-36,38-41,51H,7,12,15-19,21-26H2,1-3H3,(H,48,53)/t28?,32-,33+,34?,35?,36+,38-,39-,40-,41+,47-/m0/s1. The molecule has 7 fully saturated rings. The molecule has 10 rings (SSSR count). The zero-order chi connectivity index (χ0) is 42.3. The van der Waals surface area contributed by atoms with Gasteiger partial charge in [-0.2, -0.15) is 5.06 Å². The van der Waals surface area contributed by atoms with E-state index >= 15 is 4.79 Å². The number of epoxide rings is 1. The van der Waals surface area contributed by atoms with E-state index in [1.54, 1.807) is 30.7 Å². The SMILES string of the molecule is CC(C)(C)OC(=O)CC[C@@H](CO)NC(=O)[C@H]1CCCN1C(=O)[C@@]12C[C@H]3OC(=O)[C@@H]1N(Cc1cccc(C=CC4CCC5OC5C4)c1)O[C@@H]2[C@H]1OC2(Cc4ccccc4C2)O[C@H]13. The molecule has 2 saturated carbocycles. The average Bonchev–Trinajstić information content (AvgIpc) is 3.55. The van der Waals surface area contributed by atoms with Crippen molar-refractivity contribution < 1.29 is 52.8 Å². The van der Waals surface area contributed by atoms with Crippen LogP contribution in [0.1, 0.15) is 94.4 Å². The average molecular weight is 840 g/mol. The predicted octanol–water partition coefficient (Wildman–Crippen LogP) is 3.94. The molecule has 2 aromatic carbocycles. The summed E-state index contributed by atoms with van der Waals surface area (Å²) in [6, 6.07) is 13.5. The summed E-state index contributed by atoms with van der Waals surface area (Å²) in [5.41, 5.74) is 2.07. The van der Waals surface area contributed by atoms with Crippen molar-refractivity contribution >= 4 is 29.8 Å². The van der Waals surface area contributed by atoms with E-state index in [0.717, 1.165) is 41.5 Å². The maximum absolute atomic E-state index is 15.6. The van der Waals surface area contributed by atoms with Crippen LogP contribution in [-0.2, 0) is 67.1 Å². The number of nitrogens with zero attached hydrogens (tertiary/aromatic N) is 2. The summed E-state index contributed by atoms with van der Waals surface area (Å²) in [7, 11) is 0. The molecular formula is C47H57N3O11. The number of rotatable bonds is 11. The molecule has 2 bridgehead atoms. The minimum atomic E-state index is -1.45. The van der Waals surface area contributed by atoms with Crippen LogP contribution < -0.4 is 5.32 Å². The van der Waals surface area contributed by atoms with Crippen molar-refractivity contribution in [2.24, 2.45) is 11.3 Å². The van der Waals surface area contributed by atoms with Gasteiger partial charge in [0.1, 0.15) is 41.5 Å². The number of aliphatic hydroxyl groups is 1. The third-order valence-corrected chi connectivity index (χ3v) is 14.1. The number of nitrogens with one attached hydrogen (secondary N) is 1. The molecule has 8 aliphatic rings. The number of hydrogen-bond donors (Lipinski definition) is 2. The van der Waals surface area contributed by atoms with E-state index in [9.17, 15) is 19.5 Å². The van der Waals surface area contributed by atoms with Crippen LogP contribution in [0, 0.1) is 11.3 Å². The van der Waals surface area contributed by atoms with Crippen LogP contribution in [0.3, 0.4) is 0 Å². The number of ether oxygens (including phenoxy) is 5. The molecule has 11 atom stereocenters. The lowest BCUT2D eigenvalue weighted by Crippen LogP contribution is -2.70. The summed E-state index contributed by atoms with van der Waals surface area (Å²) in [5.74, 6) is -2.32. The number of aliphatic hydroxyl groups excluding tert-OH is 1. The van der Waals surface area contributed by atoms with Gasteiger partial charge in [0.2, 0.25) is 11.8 Å². The van der Waals surface area contributed by atoms with Crippen LogP contribution >= 0.6 is 0 Å². The van der Waals surface area contributed by atoms with Gasteiger partial charge in [0.25, 0.3) is 0 Å². The van der Waals surface area contributed by atoms with Gasteiger partial charge < -0.3 is 39.0 Å². The van der Waals surface area contributed by atoms with Gasteiger partial charge in [-0.1, -0.05) is 60.7 Å². The molecule has 14 heteroatoms. The number of allylic oxidation sites excluding steroid dienone is 1. The highest BCUT2D eigenvalue weighted by molar-refractivity contribution is 5.96. The molecular weight excluding hydrogens is 783 g/mol. The molecule has 2 amide bonds. The molecule has 3 aliphatic carbocycles. The second-order valence-electron chi connectivity index (χ2n) is 19.5. The van der Waals surface area contributed by atoms with Gasteiger partial charge in [-0.25, -0.2) is 0 Å². The van der Waals surface area contributed by atoms with Crippen molar-refractivity contribution in [2.75, 3.05) is 13.2 Å². The minimum absolute atomic E-state index is 0.00632. The summed E-state index contributed by atoms with van der Waals surface area (Å²) in [5, 5.41) is 14.7. The quantitative estimate of drug-likeness (QED) is 0.248. The van der Waals surface area contributed by atoms with Gasteiger partial charge >= 0.3 is 11.9 Å². The summed E-state index contributed by atoms with van der Waals surface area (Å²) in [6.45, 7) is 5.45. The maximum atomic E-state index is 15.6. The number of carbonyl (C=O) groups excluding carboxylic acids is 4. The van der Waals surface area contributed by atoms with Gasteiger partial charge in [-0.15, -0.1) is 0 Å². The van der Waals surface area contributed by atoms with Crippen molar-refractivity contribution in [3.8, 4) is 0 Å². The molecule has 5 saturated heterocycles. The Morgan fingerprint density at radius 1 is 1.00 bits per heavy atom. The second-order valence-corrected chi connectivity index (χ2v) is 19.5. The Balaban J connectivity index is 0.925. The fourth-order valence-electron chi connectivity index (χ4n) is 11.3. The van der Waals surface area contributed by atoms with Crippen molar-refractivity contribution in [1.29, 1.82) is 0 Å². The number of benzene rings is 2. The molecule has 3 unspecified atom stereocenters. The van der Waals surface area contributed by atoms with Crippen molar-refractivity contribution in [2.45, 2.75) is 158 Å². The lowest BCUT2D eigenvalue weighted by atomic mass is 9.62. The van der Waals surface area contributed by atoms with Crippen molar-refractivity contribution in [1.82, 2.24) is 15.3 Å². The van der Waals surface area contributed by atoms with Gasteiger partial charge in [-0.05, 0) is 87.5 Å². The first-order valence-electron chi connectivity index (χ1n) is 22.2. The highest BCUT2D eigenvalue weighted by atomic mass is 16.8. The molecule has 5 heterocycles. The third kappa shape index (κ3) is 7.60. The van der Waals surface area contributed by atoms with Crippen LogP contribution in [0.5, 0.6) is 0 Å². The van der Waals surface area contributed by atoms with E-state index in [-0.39, 0.29) is 38.3 Å². The first-order valence-corrected chi connectivity index (χ1v) is 22.2. The summed E-state index contributed by atoms with van der Waals surface area (Å²) in [6.07, 6.45) is 7.74. The summed E-state index contributed by atoms with van der Waals surface area (Å²) >= 11 is 0. The number of likely N-dealkylation sites (tertiary alicyclic amines) is 1. The van der Waals surface area contributed by atoms with Gasteiger partial charge in [0.15, 0.2) is 11.8 Å². The summed E-state index contributed by atoms with van der Waals surface area (Å²) < 4.78 is 31.2. The van der Waals surface area contributed by atoms with E-state index in [2.05, 4.69) is 41.7 Å². The Labute approximate surface area is 356 Å². The Kier molecular flexibility index (Phi) is 10.4. The molecule has 0 aromatic heterocycles. The lowest BCUT2D eigenvalue weighted by Gasteiger charge is -2.50. The monoisotopic (exact) mass is 839 g/mol. The van der Waals surface area contributed by atoms with E-state index in [1.807, 2.05) is 24.3 Å². The Bertz CT molecular complexity index is 2080. The highest BCUT2D eigenvalue weighted by Crippen LogP contribution is 2.59. The topological polar surface area (TPSA) is 166 Å². The normalized spacial score (nSPS) is 34.8. The van der Waals surface area contributed by atoms with Crippen molar-refractivity contribution in [3.63, 3.8) is 0 Å². The van der Waals surface area contributed by atoms with Crippen LogP contribution in [-0.4, -0.2) is 118 Å². The first kappa shape index (κ1) is 40.9. The van der Waals surface area contributed by atoms with Gasteiger partial charge in [0, 0.05) is 32.2 Å². The zero-order valence-electron chi connectivity index (χ0n) is 35.2. The molecule has 1 spiro atoms. The van der Waals surface area contributed by atoms with Crippen LogP contribution in [0.4, 0.5) is 0 Å². The maximum Gasteiger partial charge on any atom is 0.327 e. The number of fused-ring (bicyclic) bond motifs is 6. The molecule has 2 aromatic rings. The Morgan fingerprint density at radius 3 is 2.54 bits per heavy atom. The van der Waals surface area contributed by atoms with Crippen LogP contribution in [0.15, 0.2) is 54.6 Å². The van der Waals surface area contributed by atoms with Gasteiger partial charge in [-0.3, -0.25) is 24.0 Å². The van der Waals surface area contributed by atoms with Gasteiger partial charge in [0.05, 0.1) is 31.4 Å². The van der Waals surface area contributed by atoms with Crippen molar-refractivity contribution in [3.05, 3.63) is 76.9 Å². The molecule has 61 heavy (non-hydrogen) atoms. The van der Waals surface area contributed by atoms with E-state index in [0.29, 0.717) is 50.4 Å². The van der Waals surface area contributed by atoms with Crippen LogP contribution in [0.25, 0.3) is 6.08 Å². The molecule has 5 aliphatic heterocycles. The largest absolute Gasteiger partial charge is 0.460 e. The Morgan fingerprint density at radius 2 is 1.79 bits per heavy atom. The van der Waals surface area contributed by atoms with E-state index in [4.69, 9.17) is 28.5 Å². The smallest absolute Gasteiger partial charge is 0.327 e. The molecule has 326 valence electrons. The fraction of sp³-hybridized carbons (Fsp3) is 0.617. The molecule has 0 radical (unpaired) electrons. The fourth-order valence-corrected chi connectivity index (χ4v) is 11.3. The number of carbonyl (C=O) groups is 4. The number of esters is 2. The van der Waals surface area contributed by atoms with E-state index in [1.165, 1.54) is 0 Å². The lowest BCUT2D eigenvalue weighted by molar-refractivity contribution is -0.218. The molecule has 14 nitrogen and oxygen atoms in total. The number of amides is 2. The minimum Gasteiger partial charge on any atom is -0.460 e. The second kappa shape index (κ2) is 15.6.